The first-order valence-electron chi connectivity index (χ1n) is 6.76. The lowest BCUT2D eigenvalue weighted by atomic mass is 9.76. The number of fused-ring (bicyclic) bond motifs is 2. The number of allylic oxidation sites excluding steroid dienone is 1. The largest absolute Gasteiger partial charge is 0.228 e. The molecule has 1 aliphatic carbocycles. The second-order valence-corrected chi connectivity index (χ2v) is 15.8. The number of sulfone groups is 1. The predicted molar refractivity (Wildman–Crippen MR) is 80.1 cm³/mol. The van der Waals surface area contributed by atoms with Gasteiger partial charge in [0.15, 0.2) is 9.84 Å². The van der Waals surface area contributed by atoms with Crippen molar-refractivity contribution in [1.29, 1.82) is 0 Å². The summed E-state index contributed by atoms with van der Waals surface area (Å²) in [7, 11) is -4.84. The molecule has 0 aromatic heterocycles. The third-order valence-corrected chi connectivity index (χ3v) is 14.3. The third kappa shape index (κ3) is 1.17. The molecule has 104 valence electrons. The van der Waals surface area contributed by atoms with Crippen LogP contribution in [0.3, 0.4) is 0 Å². The van der Waals surface area contributed by atoms with E-state index in [1.165, 1.54) is 5.57 Å². The van der Waals surface area contributed by atoms with Crippen molar-refractivity contribution in [2.45, 2.75) is 63.9 Å². The molecule has 0 amide bonds. The lowest BCUT2D eigenvalue weighted by Gasteiger charge is -2.41. The Kier molecular flexibility index (Phi) is 2.64. The molecule has 0 aromatic carbocycles. The zero-order chi connectivity index (χ0) is 14.3. The van der Waals surface area contributed by atoms with Crippen molar-refractivity contribution in [2.75, 3.05) is 0 Å². The molecule has 1 aliphatic heterocycles. The summed E-state index contributed by atoms with van der Waals surface area (Å²) >= 11 is 0. The average molecular weight is 287 g/mol. The Balaban J connectivity index is 2.86. The van der Waals surface area contributed by atoms with Crippen molar-refractivity contribution in [1.82, 2.24) is 0 Å². The highest BCUT2D eigenvalue weighted by Gasteiger charge is 2.73. The van der Waals surface area contributed by atoms with Crippen molar-refractivity contribution >= 4 is 17.9 Å². The van der Waals surface area contributed by atoms with E-state index in [0.29, 0.717) is 0 Å². The van der Waals surface area contributed by atoms with Crippen LogP contribution in [-0.4, -0.2) is 26.1 Å². The molecule has 18 heavy (non-hydrogen) atoms. The first-order valence-corrected chi connectivity index (χ1v) is 11.9. The van der Waals surface area contributed by atoms with Gasteiger partial charge in [-0.15, -0.1) is 0 Å². The van der Waals surface area contributed by atoms with Crippen LogP contribution in [0.4, 0.5) is 0 Å². The van der Waals surface area contributed by atoms with Gasteiger partial charge in [0.2, 0.25) is 0 Å². The molecular weight excluding hydrogens is 260 g/mol. The number of hydrogen-bond donors (Lipinski definition) is 0. The topological polar surface area (TPSA) is 34.1 Å². The van der Waals surface area contributed by atoms with Gasteiger partial charge in [-0.3, -0.25) is 0 Å². The van der Waals surface area contributed by atoms with Crippen LogP contribution in [0.25, 0.3) is 0 Å². The van der Waals surface area contributed by atoms with E-state index >= 15 is 0 Å². The average Bonchev–Trinajstić information content (AvgIpc) is 2.39. The number of hydrogen-bond acceptors (Lipinski definition) is 2. The fraction of sp³-hybridized carbons (Fsp3) is 0.857. The van der Waals surface area contributed by atoms with Gasteiger partial charge < -0.3 is 0 Å². The molecule has 2 bridgehead atoms. The Hall–Kier alpha value is -0.0931. The quantitative estimate of drug-likeness (QED) is 0.547. The molecule has 2 rings (SSSR count). The minimum atomic E-state index is -3.07. The zero-order valence-electron chi connectivity index (χ0n) is 12.9. The van der Waals surface area contributed by atoms with E-state index in [1.54, 1.807) is 0 Å². The highest BCUT2D eigenvalue weighted by atomic mass is 32.2. The van der Waals surface area contributed by atoms with E-state index in [9.17, 15) is 8.42 Å². The van der Waals surface area contributed by atoms with Crippen LogP contribution < -0.4 is 0 Å². The fourth-order valence-corrected chi connectivity index (χ4v) is 14.4. The van der Waals surface area contributed by atoms with Crippen molar-refractivity contribution in [3.63, 3.8) is 0 Å². The first-order chi connectivity index (χ1) is 7.84. The van der Waals surface area contributed by atoms with Gasteiger partial charge >= 0.3 is 0 Å². The summed E-state index contributed by atoms with van der Waals surface area (Å²) in [6, 6.07) is 0. The Morgan fingerprint density at radius 1 is 1.06 bits per heavy atom. The van der Waals surface area contributed by atoms with Crippen molar-refractivity contribution < 1.29 is 8.42 Å². The zero-order valence-corrected chi connectivity index (χ0v) is 14.7. The number of rotatable bonds is 1. The lowest BCUT2D eigenvalue weighted by Crippen LogP contribution is -2.54. The summed E-state index contributed by atoms with van der Waals surface area (Å²) < 4.78 is 25.6. The minimum absolute atomic E-state index is 0.138. The van der Waals surface area contributed by atoms with E-state index < -0.39 is 22.7 Å². The molecular formula is C14H26O2SSi. The maximum absolute atomic E-state index is 13.1. The van der Waals surface area contributed by atoms with Gasteiger partial charge in [-0.1, -0.05) is 44.6 Å². The Morgan fingerprint density at radius 3 is 1.83 bits per heavy atom. The van der Waals surface area contributed by atoms with Crippen LogP contribution in [0.2, 0.25) is 19.6 Å². The molecule has 1 unspecified atom stereocenters. The molecule has 0 radical (unpaired) electrons. The highest BCUT2D eigenvalue weighted by Crippen LogP contribution is 2.67. The maximum Gasteiger partial charge on any atom is 0.160 e. The van der Waals surface area contributed by atoms with E-state index in [4.69, 9.17) is 0 Å². The lowest BCUT2D eigenvalue weighted by molar-refractivity contribution is 0.298. The SMILES string of the molecule is CC1=C(C)[C@]2(C)C(C)[C@@]1(C)S(=O)(=O)[C@@H]2[Si](C)(C)C. The van der Waals surface area contributed by atoms with Gasteiger partial charge in [0, 0.05) is 5.41 Å². The standard InChI is InChI=1S/C14H26O2SSi/c1-9-10(2)14(5)11(3)13(9,4)12(17(14,15)16)18(6,7)8/h11-12H,1-8H3/t11?,12-,13-,14+/m1/s1. The summed E-state index contributed by atoms with van der Waals surface area (Å²) in [5.41, 5.74) is 2.29. The molecule has 4 atom stereocenters. The van der Waals surface area contributed by atoms with Gasteiger partial charge in [-0.25, -0.2) is 8.42 Å². The van der Waals surface area contributed by atoms with Crippen LogP contribution in [0, 0.1) is 11.3 Å². The van der Waals surface area contributed by atoms with E-state index in [0.717, 1.165) is 5.57 Å². The molecule has 2 aliphatic rings. The van der Waals surface area contributed by atoms with Crippen molar-refractivity contribution in [3.8, 4) is 0 Å². The molecule has 1 saturated heterocycles. The second kappa shape index (κ2) is 3.32. The monoisotopic (exact) mass is 286 g/mol. The Morgan fingerprint density at radius 2 is 1.50 bits per heavy atom. The molecule has 1 heterocycles. The van der Waals surface area contributed by atoms with Gasteiger partial charge in [0.25, 0.3) is 0 Å². The molecule has 1 fully saturated rings. The summed E-state index contributed by atoms with van der Waals surface area (Å²) in [5.74, 6) is 0.201. The van der Waals surface area contributed by atoms with Crippen molar-refractivity contribution in [3.05, 3.63) is 11.1 Å². The van der Waals surface area contributed by atoms with E-state index in [1.807, 2.05) is 13.8 Å². The van der Waals surface area contributed by atoms with E-state index in [-0.39, 0.29) is 16.2 Å². The van der Waals surface area contributed by atoms with Crippen LogP contribution in [0.5, 0.6) is 0 Å². The first kappa shape index (κ1) is 14.3. The normalized spacial score (nSPS) is 46.9. The fourth-order valence-electron chi connectivity index (χ4n) is 4.81. The van der Waals surface area contributed by atoms with Gasteiger partial charge in [0.1, 0.15) is 0 Å². The summed E-state index contributed by atoms with van der Waals surface area (Å²) in [6.45, 7) is 17.0. The van der Waals surface area contributed by atoms with E-state index in [2.05, 4.69) is 40.4 Å². The van der Waals surface area contributed by atoms with Gasteiger partial charge in [-0.05, 0) is 26.7 Å². The minimum Gasteiger partial charge on any atom is -0.228 e. The Labute approximate surface area is 113 Å². The molecule has 0 spiro atoms. The molecule has 4 heteroatoms. The van der Waals surface area contributed by atoms with Gasteiger partial charge in [-0.2, -0.15) is 0 Å². The van der Waals surface area contributed by atoms with Crippen LogP contribution in [0.1, 0.15) is 34.6 Å². The Bertz CT molecular complexity index is 541. The van der Waals surface area contributed by atoms with Crippen molar-refractivity contribution in [2.24, 2.45) is 11.3 Å². The van der Waals surface area contributed by atoms with Crippen LogP contribution >= 0.6 is 0 Å². The molecule has 2 nitrogen and oxygen atoms in total. The van der Waals surface area contributed by atoms with Crippen LogP contribution in [0.15, 0.2) is 11.1 Å². The molecule has 0 saturated carbocycles. The predicted octanol–water partition coefficient (Wildman–Crippen LogP) is 3.41. The summed E-state index contributed by atoms with van der Waals surface area (Å²) in [5, 5.41) is 0. The smallest absolute Gasteiger partial charge is 0.160 e. The maximum atomic E-state index is 13.1. The highest BCUT2D eigenvalue weighted by molar-refractivity contribution is 7.96. The molecule has 0 N–H and O–H groups in total. The summed E-state index contributed by atoms with van der Waals surface area (Å²) in [4.78, 5) is -0.138. The third-order valence-electron chi connectivity index (χ3n) is 6.07. The van der Waals surface area contributed by atoms with Crippen LogP contribution in [-0.2, 0) is 9.84 Å². The summed E-state index contributed by atoms with van der Waals surface area (Å²) in [6.07, 6.45) is 0. The van der Waals surface area contributed by atoms with Gasteiger partial charge in [0.05, 0.1) is 17.7 Å². The second-order valence-electron chi connectivity index (χ2n) is 7.65. The molecule has 0 aromatic rings.